The van der Waals surface area contributed by atoms with E-state index in [4.69, 9.17) is 16.3 Å². The molecule has 2 aromatic heterocycles. The highest BCUT2D eigenvalue weighted by atomic mass is 35.5. The largest absolute Gasteiger partial charge is 0.495 e. The third kappa shape index (κ3) is 2.63. The number of methoxy groups -OCH3 is 1. The summed E-state index contributed by atoms with van der Waals surface area (Å²) in [6.45, 7) is 1.78. The molecule has 0 aliphatic rings. The minimum absolute atomic E-state index is 0.214. The van der Waals surface area contributed by atoms with Crippen LogP contribution in [0, 0.1) is 6.92 Å². The van der Waals surface area contributed by atoms with Crippen LogP contribution in [0.4, 0.5) is 5.69 Å². The summed E-state index contributed by atoms with van der Waals surface area (Å²) in [5.74, 6) is 0.353. The minimum Gasteiger partial charge on any atom is -0.495 e. The summed E-state index contributed by atoms with van der Waals surface area (Å²) in [7, 11) is 1.54. The summed E-state index contributed by atoms with van der Waals surface area (Å²) in [6.07, 6.45) is 0. The number of anilines is 1. The Morgan fingerprint density at radius 1 is 1.44 bits per heavy atom. The van der Waals surface area contributed by atoms with E-state index in [1.165, 1.54) is 18.4 Å². The quantitative estimate of drug-likeness (QED) is 0.878. The first-order valence-electron chi connectivity index (χ1n) is 5.18. The van der Waals surface area contributed by atoms with E-state index in [0.29, 0.717) is 27.2 Å². The van der Waals surface area contributed by atoms with Gasteiger partial charge < -0.3 is 10.1 Å². The van der Waals surface area contributed by atoms with E-state index in [1.54, 1.807) is 30.5 Å². The molecule has 1 N–H and O–H groups in total. The van der Waals surface area contributed by atoms with Crippen molar-refractivity contribution in [2.45, 2.75) is 6.92 Å². The van der Waals surface area contributed by atoms with Crippen LogP contribution in [0.5, 0.6) is 5.75 Å². The van der Waals surface area contributed by atoms with Gasteiger partial charge in [-0.1, -0.05) is 11.6 Å². The van der Waals surface area contributed by atoms with Crippen molar-refractivity contribution in [3.63, 3.8) is 0 Å². The number of hydrogen-bond donors (Lipinski definition) is 1. The summed E-state index contributed by atoms with van der Waals surface area (Å²) in [4.78, 5) is 16.7. The fourth-order valence-electron chi connectivity index (χ4n) is 1.47. The van der Waals surface area contributed by atoms with Gasteiger partial charge in [0, 0.05) is 0 Å². The van der Waals surface area contributed by atoms with Crippen LogP contribution in [0.15, 0.2) is 23.6 Å². The summed E-state index contributed by atoms with van der Waals surface area (Å²) >= 11 is 7.09. The molecule has 0 radical (unpaired) electrons. The molecular weight excluding hydrogens is 272 g/mol. The fourth-order valence-corrected chi connectivity index (χ4v) is 2.41. The number of aryl methyl sites for hydroxylation is 1. The molecule has 2 aromatic rings. The van der Waals surface area contributed by atoms with E-state index in [-0.39, 0.29) is 5.91 Å². The Morgan fingerprint density at radius 2 is 2.22 bits per heavy atom. The Labute approximate surface area is 114 Å². The first-order valence-corrected chi connectivity index (χ1v) is 6.43. The average molecular weight is 283 g/mol. The number of amides is 1. The van der Waals surface area contributed by atoms with Crippen LogP contribution in [-0.2, 0) is 0 Å². The van der Waals surface area contributed by atoms with Crippen molar-refractivity contribution < 1.29 is 9.53 Å². The molecule has 2 heterocycles. The van der Waals surface area contributed by atoms with Gasteiger partial charge in [-0.25, -0.2) is 4.98 Å². The van der Waals surface area contributed by atoms with E-state index in [1.807, 2.05) is 0 Å². The minimum atomic E-state index is -0.214. The zero-order chi connectivity index (χ0) is 13.1. The standard InChI is InChI=1S/C12H11ClN2O2S/c1-7-8(3-4-10(13)14-7)15-12(16)11-9(17-2)5-6-18-11/h3-6H,1-2H3,(H,15,16). The number of carbonyl (C=O) groups excluding carboxylic acids is 1. The fraction of sp³-hybridized carbons (Fsp3) is 0.167. The SMILES string of the molecule is COc1ccsc1C(=O)Nc1ccc(Cl)nc1C. The molecule has 4 nitrogen and oxygen atoms in total. The number of thiophene rings is 1. The second-order valence-corrected chi connectivity index (χ2v) is 4.84. The maximum Gasteiger partial charge on any atom is 0.269 e. The molecule has 94 valence electrons. The maximum absolute atomic E-state index is 12.1. The van der Waals surface area contributed by atoms with Crippen LogP contribution in [0.3, 0.4) is 0 Å². The normalized spacial score (nSPS) is 10.2. The van der Waals surface area contributed by atoms with Crippen LogP contribution < -0.4 is 10.1 Å². The molecule has 0 aromatic carbocycles. The molecule has 0 aliphatic heterocycles. The van der Waals surface area contributed by atoms with Crippen molar-refractivity contribution >= 4 is 34.5 Å². The lowest BCUT2D eigenvalue weighted by atomic mass is 10.3. The summed E-state index contributed by atoms with van der Waals surface area (Å²) in [6, 6.07) is 5.12. The molecule has 6 heteroatoms. The molecule has 0 fully saturated rings. The van der Waals surface area contributed by atoms with Gasteiger partial charge >= 0.3 is 0 Å². The van der Waals surface area contributed by atoms with Gasteiger partial charge in [0.2, 0.25) is 0 Å². The van der Waals surface area contributed by atoms with Crippen LogP contribution in [0.1, 0.15) is 15.4 Å². The van der Waals surface area contributed by atoms with Crippen molar-refractivity contribution in [2.75, 3.05) is 12.4 Å². The number of aromatic nitrogens is 1. The number of halogens is 1. The lowest BCUT2D eigenvalue weighted by Crippen LogP contribution is -2.12. The average Bonchev–Trinajstić information content (AvgIpc) is 2.81. The van der Waals surface area contributed by atoms with Gasteiger partial charge in [-0.2, -0.15) is 0 Å². The third-order valence-corrected chi connectivity index (χ3v) is 3.46. The smallest absolute Gasteiger partial charge is 0.269 e. The second kappa shape index (κ2) is 5.37. The van der Waals surface area contributed by atoms with E-state index in [0.717, 1.165) is 0 Å². The Kier molecular flexibility index (Phi) is 3.84. The predicted octanol–water partition coefficient (Wildman–Crippen LogP) is 3.37. The van der Waals surface area contributed by atoms with E-state index >= 15 is 0 Å². The zero-order valence-electron chi connectivity index (χ0n) is 9.86. The monoisotopic (exact) mass is 282 g/mol. The Hall–Kier alpha value is -1.59. The Balaban J connectivity index is 2.21. The Bertz CT molecular complexity index is 583. The first kappa shape index (κ1) is 12.9. The molecule has 2 rings (SSSR count). The van der Waals surface area contributed by atoms with Gasteiger partial charge in [-0.05, 0) is 30.5 Å². The van der Waals surface area contributed by atoms with Gasteiger partial charge in [-0.15, -0.1) is 11.3 Å². The summed E-state index contributed by atoms with van der Waals surface area (Å²) < 4.78 is 5.11. The number of hydrogen-bond acceptors (Lipinski definition) is 4. The van der Waals surface area contributed by atoms with Gasteiger partial charge in [0.1, 0.15) is 15.8 Å². The first-order chi connectivity index (χ1) is 8.61. The van der Waals surface area contributed by atoms with Gasteiger partial charge in [0.15, 0.2) is 0 Å². The molecule has 0 aliphatic carbocycles. The van der Waals surface area contributed by atoms with Gasteiger partial charge in [-0.3, -0.25) is 4.79 Å². The van der Waals surface area contributed by atoms with Crippen molar-refractivity contribution in [1.82, 2.24) is 4.98 Å². The topological polar surface area (TPSA) is 51.2 Å². The number of pyridine rings is 1. The van der Waals surface area contributed by atoms with Crippen molar-refractivity contribution in [2.24, 2.45) is 0 Å². The maximum atomic E-state index is 12.1. The number of rotatable bonds is 3. The zero-order valence-corrected chi connectivity index (χ0v) is 11.4. The molecule has 0 saturated heterocycles. The van der Waals surface area contributed by atoms with Crippen molar-refractivity contribution in [3.8, 4) is 5.75 Å². The number of nitrogens with zero attached hydrogens (tertiary/aromatic N) is 1. The summed E-state index contributed by atoms with van der Waals surface area (Å²) in [5, 5.41) is 4.99. The van der Waals surface area contributed by atoms with Crippen LogP contribution >= 0.6 is 22.9 Å². The molecule has 1 amide bonds. The lowest BCUT2D eigenvalue weighted by molar-refractivity contribution is 0.102. The molecular formula is C12H11ClN2O2S. The molecule has 0 unspecified atom stereocenters. The molecule has 0 bridgehead atoms. The van der Waals surface area contributed by atoms with Crippen LogP contribution in [0.2, 0.25) is 5.15 Å². The van der Waals surface area contributed by atoms with E-state index in [2.05, 4.69) is 10.3 Å². The highest BCUT2D eigenvalue weighted by Crippen LogP contribution is 2.26. The molecule has 0 atom stereocenters. The molecule has 0 saturated carbocycles. The third-order valence-electron chi connectivity index (χ3n) is 2.36. The molecule has 18 heavy (non-hydrogen) atoms. The molecule has 0 spiro atoms. The van der Waals surface area contributed by atoms with Gasteiger partial charge in [0.25, 0.3) is 5.91 Å². The van der Waals surface area contributed by atoms with Crippen molar-refractivity contribution in [1.29, 1.82) is 0 Å². The van der Waals surface area contributed by atoms with Gasteiger partial charge in [0.05, 0.1) is 18.5 Å². The van der Waals surface area contributed by atoms with E-state index in [9.17, 15) is 4.79 Å². The number of nitrogens with one attached hydrogen (secondary N) is 1. The number of ether oxygens (including phenoxy) is 1. The lowest BCUT2D eigenvalue weighted by Gasteiger charge is -2.07. The summed E-state index contributed by atoms with van der Waals surface area (Å²) in [5.41, 5.74) is 1.31. The predicted molar refractivity (Wildman–Crippen MR) is 72.8 cm³/mol. The number of carbonyl (C=O) groups is 1. The van der Waals surface area contributed by atoms with Crippen molar-refractivity contribution in [3.05, 3.63) is 39.3 Å². The van der Waals surface area contributed by atoms with Crippen LogP contribution in [0.25, 0.3) is 0 Å². The Morgan fingerprint density at radius 3 is 2.89 bits per heavy atom. The van der Waals surface area contributed by atoms with E-state index < -0.39 is 0 Å². The highest BCUT2D eigenvalue weighted by Gasteiger charge is 2.15. The van der Waals surface area contributed by atoms with Crippen LogP contribution in [-0.4, -0.2) is 18.0 Å². The highest BCUT2D eigenvalue weighted by molar-refractivity contribution is 7.12. The second-order valence-electron chi connectivity index (χ2n) is 3.54.